The van der Waals surface area contributed by atoms with Gasteiger partial charge in [-0.2, -0.15) is 11.8 Å². The van der Waals surface area contributed by atoms with Crippen LogP contribution in [-0.4, -0.2) is 28.3 Å². The van der Waals surface area contributed by atoms with Crippen LogP contribution in [0.5, 0.6) is 0 Å². The topological polar surface area (TPSA) is 46.2 Å². The molecular weight excluding hydrogens is 194 g/mol. The Hall–Kier alpha value is 0.270. The van der Waals surface area contributed by atoms with Crippen LogP contribution in [0.15, 0.2) is 0 Å². The van der Waals surface area contributed by atoms with E-state index in [2.05, 4.69) is 6.92 Å². The Bertz CT molecular complexity index is 173. The minimum absolute atomic E-state index is 0.363. The molecule has 3 atom stereocenters. The molecule has 1 aliphatic carbocycles. The summed E-state index contributed by atoms with van der Waals surface area (Å²) in [6, 6.07) is 0. The lowest BCUT2D eigenvalue weighted by Gasteiger charge is -2.29. The minimum Gasteiger partial charge on any atom is -0.388 e. The average Bonchev–Trinajstić information content (AvgIpc) is 2.15. The molecule has 1 rings (SSSR count). The molecule has 0 radical (unpaired) electrons. The van der Waals surface area contributed by atoms with Gasteiger partial charge in [0.15, 0.2) is 0 Å². The highest BCUT2D eigenvalue weighted by atomic mass is 32.2. The van der Waals surface area contributed by atoms with Crippen LogP contribution in [0.2, 0.25) is 0 Å². The number of aliphatic hydroxyl groups is 1. The minimum atomic E-state index is -0.675. The quantitative estimate of drug-likeness (QED) is 0.757. The smallest absolute Gasteiger partial charge is 0.0831 e. The molecule has 2 nitrogen and oxygen atoms in total. The van der Waals surface area contributed by atoms with Crippen LogP contribution in [0.25, 0.3) is 0 Å². The summed E-state index contributed by atoms with van der Waals surface area (Å²) in [7, 11) is 0. The fourth-order valence-electron chi connectivity index (χ4n) is 1.89. The second-order valence-corrected chi connectivity index (χ2v) is 6.19. The molecule has 3 heteroatoms. The molecule has 0 aromatic heterocycles. The molecular formula is C11H23NOS. The van der Waals surface area contributed by atoms with Crippen molar-refractivity contribution >= 4 is 11.8 Å². The second kappa shape index (κ2) is 5.38. The largest absolute Gasteiger partial charge is 0.388 e. The summed E-state index contributed by atoms with van der Waals surface area (Å²) in [5.74, 6) is 1.64. The van der Waals surface area contributed by atoms with Crippen LogP contribution in [0.1, 0.15) is 39.5 Å². The van der Waals surface area contributed by atoms with E-state index >= 15 is 0 Å². The van der Waals surface area contributed by atoms with Crippen molar-refractivity contribution in [2.45, 2.75) is 50.4 Å². The molecule has 0 aromatic rings. The van der Waals surface area contributed by atoms with Crippen LogP contribution < -0.4 is 5.73 Å². The summed E-state index contributed by atoms with van der Waals surface area (Å²) in [6.07, 6.45) is 5.36. The third kappa shape index (κ3) is 4.20. The Morgan fingerprint density at radius 1 is 1.50 bits per heavy atom. The predicted molar refractivity (Wildman–Crippen MR) is 63.6 cm³/mol. The van der Waals surface area contributed by atoms with E-state index < -0.39 is 5.60 Å². The Balaban J connectivity index is 2.23. The first kappa shape index (κ1) is 12.3. The van der Waals surface area contributed by atoms with Gasteiger partial charge in [-0.15, -0.1) is 0 Å². The first-order valence-corrected chi connectivity index (χ1v) is 6.62. The van der Waals surface area contributed by atoms with E-state index in [0.29, 0.717) is 6.54 Å². The van der Waals surface area contributed by atoms with Crippen molar-refractivity contribution in [1.29, 1.82) is 0 Å². The highest BCUT2D eigenvalue weighted by Gasteiger charge is 2.24. The van der Waals surface area contributed by atoms with Crippen LogP contribution in [0.4, 0.5) is 0 Å². The third-order valence-electron chi connectivity index (χ3n) is 2.96. The van der Waals surface area contributed by atoms with Crippen molar-refractivity contribution in [1.82, 2.24) is 0 Å². The standard InChI is InChI=1S/C11H23NOS/c1-9-4-3-5-10(6-9)14-8-11(2,13)7-12/h9-10,13H,3-8,12H2,1-2H3. The number of rotatable bonds is 4. The van der Waals surface area contributed by atoms with Gasteiger partial charge in [0.05, 0.1) is 5.60 Å². The number of hydrogen-bond acceptors (Lipinski definition) is 3. The van der Waals surface area contributed by atoms with Gasteiger partial charge in [0.2, 0.25) is 0 Å². The Labute approximate surface area is 91.6 Å². The monoisotopic (exact) mass is 217 g/mol. The average molecular weight is 217 g/mol. The molecule has 1 saturated carbocycles. The Morgan fingerprint density at radius 3 is 2.79 bits per heavy atom. The summed E-state index contributed by atoms with van der Waals surface area (Å²) in [6.45, 7) is 4.52. The molecule has 0 aliphatic heterocycles. The molecule has 3 N–H and O–H groups in total. The van der Waals surface area contributed by atoms with Gasteiger partial charge in [0.25, 0.3) is 0 Å². The molecule has 3 unspecified atom stereocenters. The van der Waals surface area contributed by atoms with Crippen LogP contribution >= 0.6 is 11.8 Å². The van der Waals surface area contributed by atoms with Gasteiger partial charge in [-0.3, -0.25) is 0 Å². The predicted octanol–water partition coefficient (Wildman–Crippen LogP) is 2.01. The summed E-state index contributed by atoms with van der Waals surface area (Å²) < 4.78 is 0. The highest BCUT2D eigenvalue weighted by molar-refractivity contribution is 7.99. The molecule has 0 heterocycles. The van der Waals surface area contributed by atoms with Crippen molar-refractivity contribution in [2.75, 3.05) is 12.3 Å². The van der Waals surface area contributed by atoms with Gasteiger partial charge in [-0.05, 0) is 25.7 Å². The molecule has 0 amide bonds. The van der Waals surface area contributed by atoms with Crippen molar-refractivity contribution in [3.05, 3.63) is 0 Å². The fraction of sp³-hybridized carbons (Fsp3) is 1.00. The summed E-state index contributed by atoms with van der Waals surface area (Å²) in [4.78, 5) is 0. The molecule has 0 saturated heterocycles. The summed E-state index contributed by atoms with van der Waals surface area (Å²) in [5.41, 5.74) is 4.81. The van der Waals surface area contributed by atoms with Gasteiger partial charge in [0, 0.05) is 17.5 Å². The molecule has 1 aliphatic rings. The van der Waals surface area contributed by atoms with Gasteiger partial charge in [-0.1, -0.05) is 19.8 Å². The van der Waals surface area contributed by atoms with E-state index in [1.54, 1.807) is 0 Å². The van der Waals surface area contributed by atoms with Crippen molar-refractivity contribution < 1.29 is 5.11 Å². The van der Waals surface area contributed by atoms with Crippen LogP contribution in [-0.2, 0) is 0 Å². The zero-order chi connectivity index (χ0) is 10.6. The normalized spacial score (nSPS) is 32.6. The molecule has 0 bridgehead atoms. The van der Waals surface area contributed by atoms with Gasteiger partial charge in [-0.25, -0.2) is 0 Å². The van der Waals surface area contributed by atoms with E-state index in [0.717, 1.165) is 16.9 Å². The Morgan fingerprint density at radius 2 is 2.21 bits per heavy atom. The molecule has 1 fully saturated rings. The lowest BCUT2D eigenvalue weighted by atomic mass is 9.91. The highest BCUT2D eigenvalue weighted by Crippen LogP contribution is 2.33. The zero-order valence-electron chi connectivity index (χ0n) is 9.33. The molecule has 0 spiro atoms. The van der Waals surface area contributed by atoms with E-state index in [4.69, 9.17) is 5.73 Å². The number of nitrogens with two attached hydrogens (primary N) is 1. The van der Waals surface area contributed by atoms with Crippen LogP contribution in [0, 0.1) is 5.92 Å². The first-order valence-electron chi connectivity index (χ1n) is 5.57. The maximum absolute atomic E-state index is 9.77. The van der Waals surface area contributed by atoms with Crippen molar-refractivity contribution in [2.24, 2.45) is 11.7 Å². The van der Waals surface area contributed by atoms with E-state index in [9.17, 15) is 5.11 Å². The maximum atomic E-state index is 9.77. The lowest BCUT2D eigenvalue weighted by Crippen LogP contribution is -2.37. The van der Waals surface area contributed by atoms with Gasteiger partial charge < -0.3 is 10.8 Å². The third-order valence-corrected chi connectivity index (χ3v) is 4.65. The van der Waals surface area contributed by atoms with Crippen molar-refractivity contribution in [3.63, 3.8) is 0 Å². The first-order chi connectivity index (χ1) is 6.53. The van der Waals surface area contributed by atoms with Gasteiger partial charge in [0.1, 0.15) is 0 Å². The summed E-state index contributed by atoms with van der Waals surface area (Å²) >= 11 is 1.90. The molecule has 0 aromatic carbocycles. The zero-order valence-corrected chi connectivity index (χ0v) is 10.1. The fourth-order valence-corrected chi connectivity index (χ4v) is 3.40. The second-order valence-electron chi connectivity index (χ2n) is 4.91. The number of thioether (sulfide) groups is 1. The maximum Gasteiger partial charge on any atom is 0.0831 e. The van der Waals surface area contributed by atoms with E-state index in [-0.39, 0.29) is 0 Å². The van der Waals surface area contributed by atoms with Gasteiger partial charge >= 0.3 is 0 Å². The molecule has 14 heavy (non-hydrogen) atoms. The van der Waals surface area contributed by atoms with Crippen LogP contribution in [0.3, 0.4) is 0 Å². The molecule has 84 valence electrons. The van der Waals surface area contributed by atoms with E-state index in [1.165, 1.54) is 25.7 Å². The Kier molecular flexibility index (Phi) is 4.74. The SMILES string of the molecule is CC1CCCC(SCC(C)(O)CN)C1. The lowest BCUT2D eigenvalue weighted by molar-refractivity contribution is 0.0947. The van der Waals surface area contributed by atoms with Crippen molar-refractivity contribution in [3.8, 4) is 0 Å². The summed E-state index contributed by atoms with van der Waals surface area (Å²) in [5, 5.41) is 10.5. The van der Waals surface area contributed by atoms with E-state index in [1.807, 2.05) is 18.7 Å². The number of hydrogen-bond donors (Lipinski definition) is 2.